The van der Waals surface area contributed by atoms with Crippen LogP contribution in [0.2, 0.25) is 0 Å². The molecule has 0 saturated carbocycles. The summed E-state index contributed by atoms with van der Waals surface area (Å²) < 4.78 is 0. The summed E-state index contributed by atoms with van der Waals surface area (Å²) in [6, 6.07) is 4.66. The number of hydrogen-bond donors (Lipinski definition) is 0. The fourth-order valence-electron chi connectivity index (χ4n) is 3.98. The van der Waals surface area contributed by atoms with E-state index in [4.69, 9.17) is 0 Å². The topological polar surface area (TPSA) is 83.8 Å². The average molecular weight is 345 g/mol. The molecule has 2 fully saturated rings. The molecule has 25 heavy (non-hydrogen) atoms. The Kier molecular flexibility index (Phi) is 4.49. The summed E-state index contributed by atoms with van der Waals surface area (Å²) in [6.07, 6.45) is 1.26. The van der Waals surface area contributed by atoms with E-state index in [0.29, 0.717) is 17.5 Å². The van der Waals surface area contributed by atoms with E-state index in [1.807, 2.05) is 4.90 Å². The van der Waals surface area contributed by atoms with Crippen molar-refractivity contribution >= 4 is 28.9 Å². The zero-order valence-corrected chi connectivity index (χ0v) is 14.8. The molecule has 2 aliphatic rings. The minimum atomic E-state index is -0.433. The van der Waals surface area contributed by atoms with Gasteiger partial charge in [-0.15, -0.1) is 0 Å². The van der Waals surface area contributed by atoms with Crippen LogP contribution in [0.25, 0.3) is 0 Å². The summed E-state index contributed by atoms with van der Waals surface area (Å²) in [7, 11) is 0. The molecular formula is C18H23N3O4. The van der Waals surface area contributed by atoms with Crippen LogP contribution >= 0.6 is 0 Å². The Morgan fingerprint density at radius 3 is 2.28 bits per heavy atom. The van der Waals surface area contributed by atoms with Crippen molar-refractivity contribution < 1.29 is 14.5 Å². The number of nitrogens with zero attached hydrogens (tertiary/aromatic N) is 3. The van der Waals surface area contributed by atoms with Crippen LogP contribution in [0.4, 0.5) is 17.1 Å². The van der Waals surface area contributed by atoms with Gasteiger partial charge in [0.1, 0.15) is 5.69 Å². The van der Waals surface area contributed by atoms with E-state index >= 15 is 0 Å². The highest BCUT2D eigenvalue weighted by Crippen LogP contribution is 2.37. The molecule has 134 valence electrons. The Labute approximate surface area is 146 Å². The van der Waals surface area contributed by atoms with Crippen molar-refractivity contribution in [2.24, 2.45) is 17.8 Å². The van der Waals surface area contributed by atoms with Crippen molar-refractivity contribution in [3.05, 3.63) is 28.3 Å². The summed E-state index contributed by atoms with van der Waals surface area (Å²) in [5.41, 5.74) is 0.783. The molecule has 0 spiro atoms. The zero-order valence-electron chi connectivity index (χ0n) is 14.8. The third-order valence-electron chi connectivity index (χ3n) is 5.00. The second kappa shape index (κ2) is 6.46. The number of amides is 2. The van der Waals surface area contributed by atoms with Crippen LogP contribution in [0.15, 0.2) is 18.2 Å². The van der Waals surface area contributed by atoms with Gasteiger partial charge in [-0.05, 0) is 30.4 Å². The van der Waals surface area contributed by atoms with E-state index in [9.17, 15) is 19.7 Å². The van der Waals surface area contributed by atoms with Crippen molar-refractivity contribution in [1.29, 1.82) is 0 Å². The molecule has 0 radical (unpaired) electrons. The van der Waals surface area contributed by atoms with Crippen LogP contribution in [0, 0.1) is 27.9 Å². The fourth-order valence-corrected chi connectivity index (χ4v) is 3.98. The minimum Gasteiger partial charge on any atom is -0.365 e. The molecule has 2 heterocycles. The smallest absolute Gasteiger partial charge is 0.294 e. The molecule has 1 aromatic carbocycles. The molecule has 3 rings (SSSR count). The lowest BCUT2D eigenvalue weighted by Gasteiger charge is -2.36. The zero-order chi connectivity index (χ0) is 18.3. The number of benzene rings is 1. The average Bonchev–Trinajstić information content (AvgIpc) is 2.78. The maximum Gasteiger partial charge on any atom is 0.294 e. The molecule has 7 nitrogen and oxygen atoms in total. The second-order valence-electron chi connectivity index (χ2n) is 7.45. The summed E-state index contributed by atoms with van der Waals surface area (Å²) in [4.78, 5) is 38.6. The third-order valence-corrected chi connectivity index (χ3v) is 5.00. The van der Waals surface area contributed by atoms with E-state index in [1.54, 1.807) is 19.1 Å². The first-order valence-electron chi connectivity index (χ1n) is 8.68. The van der Waals surface area contributed by atoms with E-state index < -0.39 is 4.92 Å². The number of nitro benzene ring substituents is 1. The first-order valence-corrected chi connectivity index (χ1v) is 8.68. The number of piperidine rings is 1. The molecule has 7 heteroatoms. The van der Waals surface area contributed by atoms with Crippen LogP contribution in [0.3, 0.4) is 0 Å². The molecule has 2 aliphatic heterocycles. The highest BCUT2D eigenvalue weighted by Gasteiger charge is 2.38. The van der Waals surface area contributed by atoms with Gasteiger partial charge in [0, 0.05) is 31.5 Å². The SMILES string of the molecule is C[C@@H]1C[C@H](C)CN(c2ccc(N3C(=O)C[C@H](C)C3=O)cc2[N+](=O)[O-])C1. The van der Waals surface area contributed by atoms with Crippen molar-refractivity contribution in [2.45, 2.75) is 33.6 Å². The van der Waals surface area contributed by atoms with Gasteiger partial charge in [-0.1, -0.05) is 20.8 Å². The predicted molar refractivity (Wildman–Crippen MR) is 94.5 cm³/mol. The normalized spacial score (nSPS) is 27.1. The number of hydrogen-bond acceptors (Lipinski definition) is 5. The van der Waals surface area contributed by atoms with E-state index in [-0.39, 0.29) is 35.5 Å². The molecule has 3 atom stereocenters. The number of anilines is 2. The van der Waals surface area contributed by atoms with E-state index in [2.05, 4.69) is 13.8 Å². The van der Waals surface area contributed by atoms with Gasteiger partial charge in [0.2, 0.25) is 11.8 Å². The molecule has 2 saturated heterocycles. The second-order valence-corrected chi connectivity index (χ2v) is 7.45. The quantitative estimate of drug-likeness (QED) is 0.478. The van der Waals surface area contributed by atoms with Crippen LogP contribution < -0.4 is 9.80 Å². The van der Waals surface area contributed by atoms with Crippen molar-refractivity contribution in [3.63, 3.8) is 0 Å². The monoisotopic (exact) mass is 345 g/mol. The first kappa shape index (κ1) is 17.4. The van der Waals surface area contributed by atoms with Crippen LogP contribution in [0.5, 0.6) is 0 Å². The number of carbonyl (C=O) groups excluding carboxylic acids is 2. The Morgan fingerprint density at radius 2 is 1.76 bits per heavy atom. The summed E-state index contributed by atoms with van der Waals surface area (Å²) in [5, 5.41) is 11.6. The molecular weight excluding hydrogens is 322 g/mol. The van der Waals surface area contributed by atoms with Crippen LogP contribution in [-0.2, 0) is 9.59 Å². The summed E-state index contributed by atoms with van der Waals surface area (Å²) in [6.45, 7) is 7.52. The van der Waals surface area contributed by atoms with Crippen molar-refractivity contribution in [2.75, 3.05) is 22.9 Å². The van der Waals surface area contributed by atoms with Gasteiger partial charge in [0.15, 0.2) is 0 Å². The van der Waals surface area contributed by atoms with Gasteiger partial charge >= 0.3 is 0 Å². The Bertz CT molecular complexity index is 723. The number of nitro groups is 1. The maximum atomic E-state index is 12.2. The van der Waals surface area contributed by atoms with Gasteiger partial charge < -0.3 is 4.90 Å². The van der Waals surface area contributed by atoms with Gasteiger partial charge in [-0.25, -0.2) is 0 Å². The van der Waals surface area contributed by atoms with E-state index in [1.165, 1.54) is 6.07 Å². The molecule has 0 aliphatic carbocycles. The molecule has 0 bridgehead atoms. The lowest BCUT2D eigenvalue weighted by Crippen LogP contribution is -2.39. The minimum absolute atomic E-state index is 0.0565. The van der Waals surface area contributed by atoms with Gasteiger partial charge in [-0.2, -0.15) is 0 Å². The Hall–Kier alpha value is -2.44. The number of imide groups is 1. The molecule has 0 unspecified atom stereocenters. The summed E-state index contributed by atoms with van der Waals surface area (Å²) in [5.74, 6) is -0.0571. The highest BCUT2D eigenvalue weighted by molar-refractivity contribution is 6.21. The van der Waals surface area contributed by atoms with Gasteiger partial charge in [0.25, 0.3) is 5.69 Å². The predicted octanol–water partition coefficient (Wildman–Crippen LogP) is 2.98. The van der Waals surface area contributed by atoms with Gasteiger partial charge in [-0.3, -0.25) is 24.6 Å². The lowest BCUT2D eigenvalue weighted by molar-refractivity contribution is -0.384. The van der Waals surface area contributed by atoms with Crippen LogP contribution in [0.1, 0.15) is 33.6 Å². The molecule has 0 N–H and O–H groups in total. The first-order chi connectivity index (χ1) is 11.8. The van der Waals surface area contributed by atoms with Crippen LogP contribution in [-0.4, -0.2) is 29.8 Å². The molecule has 1 aromatic rings. The lowest BCUT2D eigenvalue weighted by atomic mass is 9.91. The van der Waals surface area contributed by atoms with E-state index in [0.717, 1.165) is 24.4 Å². The standard InChI is InChI=1S/C18H23N3O4/c1-11-6-12(2)10-19(9-11)15-5-4-14(8-16(15)21(24)25)20-17(22)7-13(3)18(20)23/h4-5,8,11-13H,6-7,9-10H2,1-3H3/t11-,12+,13-/m0/s1. The largest absolute Gasteiger partial charge is 0.365 e. The Balaban J connectivity index is 1.98. The Morgan fingerprint density at radius 1 is 1.12 bits per heavy atom. The fraction of sp³-hybridized carbons (Fsp3) is 0.556. The maximum absolute atomic E-state index is 12.2. The summed E-state index contributed by atoms with van der Waals surface area (Å²) >= 11 is 0. The number of carbonyl (C=O) groups is 2. The van der Waals surface area contributed by atoms with Gasteiger partial charge in [0.05, 0.1) is 10.6 Å². The number of rotatable bonds is 3. The van der Waals surface area contributed by atoms with Crippen molar-refractivity contribution in [1.82, 2.24) is 0 Å². The third kappa shape index (κ3) is 3.23. The molecule has 0 aromatic heterocycles. The van der Waals surface area contributed by atoms with Crippen molar-refractivity contribution in [3.8, 4) is 0 Å². The molecule has 2 amide bonds. The highest BCUT2D eigenvalue weighted by atomic mass is 16.6.